The van der Waals surface area contributed by atoms with Crippen molar-refractivity contribution >= 4 is 17.5 Å². The first-order valence-electron chi connectivity index (χ1n) is 10.6. The maximum absolute atomic E-state index is 12.9. The van der Waals surface area contributed by atoms with Gasteiger partial charge in [0.05, 0.1) is 12.4 Å². The summed E-state index contributed by atoms with van der Waals surface area (Å²) in [6, 6.07) is 12.1. The molecule has 5 nitrogen and oxygen atoms in total. The van der Waals surface area contributed by atoms with Crippen molar-refractivity contribution in [2.75, 3.05) is 20.7 Å². The van der Waals surface area contributed by atoms with E-state index in [-0.39, 0.29) is 40.9 Å². The standard InChI is InChI=1S/C25H27NO4S/c1-14-5-4-6-15(11-14)31-24-16-7-8-18(27)23(29)21(16)25-9-10-26(2)22(24)17(25)12-20(30-3)19(28)13-25/h4-8,11-12,17,22,24,27,29H,9-10,13H2,1-3H3/t17?,22-,24-,25-/m1/s1. The Morgan fingerprint density at radius 1 is 1.23 bits per heavy atom. The lowest BCUT2D eigenvalue weighted by atomic mass is 9.53. The number of hydrogen-bond donors (Lipinski definition) is 2. The van der Waals surface area contributed by atoms with Crippen LogP contribution in [0, 0.1) is 12.8 Å². The van der Waals surface area contributed by atoms with Crippen LogP contribution in [0.4, 0.5) is 0 Å². The number of carbonyl (C=O) groups excluding carboxylic acids is 1. The van der Waals surface area contributed by atoms with Crippen LogP contribution >= 0.6 is 11.8 Å². The minimum absolute atomic E-state index is 0.00130. The first-order valence-corrected chi connectivity index (χ1v) is 11.5. The third-order valence-electron chi connectivity index (χ3n) is 7.28. The van der Waals surface area contributed by atoms with Gasteiger partial charge >= 0.3 is 0 Å². The number of phenolic OH excluding ortho intramolecular Hbond substituents is 2. The summed E-state index contributed by atoms with van der Waals surface area (Å²) < 4.78 is 5.44. The molecule has 6 heteroatoms. The van der Waals surface area contributed by atoms with E-state index in [1.807, 2.05) is 12.1 Å². The van der Waals surface area contributed by atoms with Gasteiger partial charge in [-0.15, -0.1) is 11.8 Å². The van der Waals surface area contributed by atoms with Crippen molar-refractivity contribution in [3.05, 3.63) is 64.9 Å². The van der Waals surface area contributed by atoms with E-state index in [1.165, 1.54) is 5.56 Å². The van der Waals surface area contributed by atoms with Gasteiger partial charge in [-0.2, -0.15) is 0 Å². The van der Waals surface area contributed by atoms with Gasteiger partial charge in [-0.1, -0.05) is 23.8 Å². The zero-order valence-electron chi connectivity index (χ0n) is 18.0. The van der Waals surface area contributed by atoms with Gasteiger partial charge in [-0.05, 0) is 56.8 Å². The minimum atomic E-state index is -0.530. The highest BCUT2D eigenvalue weighted by atomic mass is 32.2. The fraction of sp³-hybridized carbons (Fsp3) is 0.400. The Labute approximate surface area is 186 Å². The lowest BCUT2D eigenvalue weighted by Crippen LogP contribution is -2.61. The van der Waals surface area contributed by atoms with Gasteiger partial charge in [-0.3, -0.25) is 4.79 Å². The molecule has 5 rings (SSSR count). The summed E-state index contributed by atoms with van der Waals surface area (Å²) in [6.07, 6.45) is 3.01. The van der Waals surface area contributed by atoms with Gasteiger partial charge in [0.25, 0.3) is 0 Å². The number of thioether (sulfide) groups is 1. The molecule has 0 amide bonds. The average molecular weight is 438 g/mol. The third-order valence-corrected chi connectivity index (χ3v) is 8.60. The number of aryl methyl sites for hydroxylation is 1. The summed E-state index contributed by atoms with van der Waals surface area (Å²) in [5.41, 5.74) is 2.42. The number of likely N-dealkylation sites (N-methyl/N-ethyl adjacent to an activating group) is 1. The van der Waals surface area contributed by atoms with Crippen LogP contribution in [0.3, 0.4) is 0 Å². The Morgan fingerprint density at radius 3 is 2.77 bits per heavy atom. The fourth-order valence-electron chi connectivity index (χ4n) is 5.88. The lowest BCUT2D eigenvalue weighted by Gasteiger charge is -2.58. The number of phenols is 2. The number of allylic oxidation sites excluding steroid dienone is 1. The summed E-state index contributed by atoms with van der Waals surface area (Å²) in [5.74, 6) is 0.158. The Balaban J connectivity index is 1.75. The van der Waals surface area contributed by atoms with Crippen molar-refractivity contribution in [3.8, 4) is 11.5 Å². The number of rotatable bonds is 3. The van der Waals surface area contributed by atoms with Gasteiger partial charge in [0.15, 0.2) is 23.0 Å². The summed E-state index contributed by atoms with van der Waals surface area (Å²) in [6.45, 7) is 2.91. The third kappa shape index (κ3) is 2.99. The number of ketones is 1. The predicted molar refractivity (Wildman–Crippen MR) is 120 cm³/mol. The number of ether oxygens (including phenoxy) is 1. The molecule has 2 aromatic rings. The first-order chi connectivity index (χ1) is 14.9. The van der Waals surface area contributed by atoms with Crippen molar-refractivity contribution in [2.45, 2.75) is 41.4 Å². The van der Waals surface area contributed by atoms with E-state index in [0.717, 1.165) is 29.0 Å². The second kappa shape index (κ2) is 7.31. The van der Waals surface area contributed by atoms with E-state index < -0.39 is 5.41 Å². The molecule has 0 spiro atoms. The fourth-order valence-corrected chi connectivity index (χ4v) is 7.42. The molecule has 162 valence electrons. The van der Waals surface area contributed by atoms with E-state index in [2.05, 4.69) is 43.1 Å². The molecule has 3 aliphatic rings. The topological polar surface area (TPSA) is 70.0 Å². The van der Waals surface area contributed by atoms with Crippen LogP contribution in [-0.4, -0.2) is 47.6 Å². The van der Waals surface area contributed by atoms with Gasteiger partial charge < -0.3 is 19.8 Å². The number of likely N-dealkylation sites (tertiary alicyclic amines) is 1. The summed E-state index contributed by atoms with van der Waals surface area (Å²) >= 11 is 1.78. The number of carbonyl (C=O) groups is 1. The minimum Gasteiger partial charge on any atom is -0.504 e. The predicted octanol–water partition coefficient (Wildman–Crippen LogP) is 4.31. The van der Waals surface area contributed by atoms with Gasteiger partial charge in [0.1, 0.15) is 0 Å². The quantitative estimate of drug-likeness (QED) is 0.697. The largest absolute Gasteiger partial charge is 0.504 e. The molecular weight excluding hydrogens is 410 g/mol. The van der Waals surface area contributed by atoms with Crippen LogP contribution < -0.4 is 0 Å². The molecule has 2 bridgehead atoms. The molecule has 2 aromatic carbocycles. The van der Waals surface area contributed by atoms with E-state index in [1.54, 1.807) is 24.9 Å². The molecule has 2 N–H and O–H groups in total. The normalized spacial score (nSPS) is 29.7. The van der Waals surface area contributed by atoms with Crippen LogP contribution in [0.1, 0.15) is 34.8 Å². The van der Waals surface area contributed by atoms with Crippen LogP contribution in [0.25, 0.3) is 0 Å². The number of aromatic hydroxyl groups is 2. The van der Waals surface area contributed by atoms with Crippen molar-refractivity contribution in [2.24, 2.45) is 5.92 Å². The van der Waals surface area contributed by atoms with Gasteiger partial charge in [-0.25, -0.2) is 0 Å². The SMILES string of the molecule is COC1=CC2[C@@H]3[C@H](Sc4cccc(C)c4)c4ccc(O)c(O)c4[C@]2(CCN3C)CC1=O. The van der Waals surface area contributed by atoms with Crippen LogP contribution in [-0.2, 0) is 14.9 Å². The highest BCUT2D eigenvalue weighted by Gasteiger charge is 2.59. The number of hydrogen-bond acceptors (Lipinski definition) is 6. The van der Waals surface area contributed by atoms with E-state index in [9.17, 15) is 15.0 Å². The lowest BCUT2D eigenvalue weighted by molar-refractivity contribution is -0.122. The average Bonchev–Trinajstić information content (AvgIpc) is 2.74. The maximum atomic E-state index is 12.9. The molecule has 1 heterocycles. The molecule has 1 unspecified atom stereocenters. The number of piperidine rings is 1. The van der Waals surface area contributed by atoms with Gasteiger partial charge in [0.2, 0.25) is 0 Å². The Morgan fingerprint density at radius 2 is 2.03 bits per heavy atom. The van der Waals surface area contributed by atoms with Crippen molar-refractivity contribution in [1.29, 1.82) is 0 Å². The Kier molecular flexibility index (Phi) is 4.83. The second-order valence-corrected chi connectivity index (χ2v) is 10.2. The van der Waals surface area contributed by atoms with Crippen LogP contribution in [0.5, 0.6) is 11.5 Å². The van der Waals surface area contributed by atoms with E-state index in [4.69, 9.17) is 4.74 Å². The Hall–Kier alpha value is -2.44. The van der Waals surface area contributed by atoms with Crippen molar-refractivity contribution in [3.63, 3.8) is 0 Å². The summed E-state index contributed by atoms with van der Waals surface area (Å²) in [7, 11) is 3.68. The van der Waals surface area contributed by atoms with Crippen LogP contribution in [0.15, 0.2) is 53.1 Å². The van der Waals surface area contributed by atoms with Crippen molar-refractivity contribution in [1.82, 2.24) is 4.90 Å². The molecule has 31 heavy (non-hydrogen) atoms. The van der Waals surface area contributed by atoms with Crippen LogP contribution in [0.2, 0.25) is 0 Å². The molecule has 0 radical (unpaired) electrons. The van der Waals surface area contributed by atoms with Gasteiger partial charge in [0, 0.05) is 34.3 Å². The zero-order chi connectivity index (χ0) is 21.9. The molecule has 1 saturated heterocycles. The van der Waals surface area contributed by atoms with E-state index in [0.29, 0.717) is 5.76 Å². The second-order valence-electron chi connectivity index (χ2n) is 8.99. The van der Waals surface area contributed by atoms with E-state index >= 15 is 0 Å². The Bertz CT molecular complexity index is 1100. The number of Topliss-reactive ketones (excluding diaryl/α,β-unsaturated/α-hetero) is 1. The monoisotopic (exact) mass is 437 g/mol. The highest BCUT2D eigenvalue weighted by molar-refractivity contribution is 7.99. The molecule has 1 fully saturated rings. The zero-order valence-corrected chi connectivity index (χ0v) is 18.8. The number of methoxy groups -OCH3 is 1. The molecule has 4 atom stereocenters. The number of nitrogens with zero attached hydrogens (tertiary/aromatic N) is 1. The maximum Gasteiger partial charge on any atom is 0.197 e. The molecular formula is C25H27NO4S. The first kappa shape index (κ1) is 20.5. The molecule has 2 aliphatic carbocycles. The smallest absolute Gasteiger partial charge is 0.197 e. The molecule has 0 saturated carbocycles. The number of fused-ring (bicyclic) bond motifs is 1. The summed E-state index contributed by atoms with van der Waals surface area (Å²) in [5, 5.41) is 21.5. The number of benzene rings is 2. The van der Waals surface area contributed by atoms with Crippen molar-refractivity contribution < 1.29 is 19.7 Å². The molecule has 0 aromatic heterocycles. The molecule has 1 aliphatic heterocycles. The summed E-state index contributed by atoms with van der Waals surface area (Å²) in [4.78, 5) is 16.5. The highest BCUT2D eigenvalue weighted by Crippen LogP contribution is 2.63.